The third-order valence-corrected chi connectivity index (χ3v) is 7.54. The van der Waals surface area contributed by atoms with E-state index in [-0.39, 0.29) is 18.1 Å². The summed E-state index contributed by atoms with van der Waals surface area (Å²) in [7, 11) is 2.05. The molecule has 0 bridgehead atoms. The van der Waals surface area contributed by atoms with Crippen LogP contribution < -0.4 is 20.9 Å². The number of piperazine rings is 1. The van der Waals surface area contributed by atoms with Crippen molar-refractivity contribution in [3.05, 3.63) is 72.7 Å². The van der Waals surface area contributed by atoms with E-state index in [4.69, 9.17) is 4.74 Å². The number of likely N-dealkylation sites (tertiary alicyclic amines) is 1. The second-order valence-corrected chi connectivity index (χ2v) is 10.9. The number of hydrogen-bond acceptors (Lipinski definition) is 12. The van der Waals surface area contributed by atoms with Gasteiger partial charge in [-0.15, -0.1) is 0 Å². The van der Waals surface area contributed by atoms with Gasteiger partial charge in [0.05, 0.1) is 12.5 Å². The van der Waals surface area contributed by atoms with Gasteiger partial charge in [0.2, 0.25) is 5.95 Å². The smallest absolute Gasteiger partial charge is 0.308 e. The highest BCUT2D eigenvalue weighted by molar-refractivity contribution is 5.72. The van der Waals surface area contributed by atoms with Crippen molar-refractivity contribution in [2.75, 3.05) is 55.3 Å². The van der Waals surface area contributed by atoms with Gasteiger partial charge in [-0.25, -0.2) is 19.9 Å². The molecule has 43 heavy (non-hydrogen) atoms. The summed E-state index contributed by atoms with van der Waals surface area (Å²) < 4.78 is 5.76. The third-order valence-electron chi connectivity index (χ3n) is 7.54. The SMILES string of the molecule is Cc1cccc(-c2nccc(Nc3ccnc(Nc4ccc(N5CCNCC5CC(=O)O[C@@H]5CCN(C)C5)cc4)n3)n2)n1. The van der Waals surface area contributed by atoms with Crippen LogP contribution >= 0.6 is 0 Å². The van der Waals surface area contributed by atoms with Crippen molar-refractivity contribution in [3.8, 4) is 11.5 Å². The lowest BCUT2D eigenvalue weighted by Gasteiger charge is -2.37. The highest BCUT2D eigenvalue weighted by atomic mass is 16.5. The molecular formula is C31H36N10O2. The van der Waals surface area contributed by atoms with Crippen LogP contribution in [0.4, 0.5) is 29.0 Å². The molecule has 2 aliphatic heterocycles. The molecular weight excluding hydrogens is 544 g/mol. The summed E-state index contributed by atoms with van der Waals surface area (Å²) in [6.07, 6.45) is 4.63. The van der Waals surface area contributed by atoms with E-state index in [0.29, 0.717) is 35.5 Å². The zero-order valence-corrected chi connectivity index (χ0v) is 24.4. The van der Waals surface area contributed by atoms with Crippen LogP contribution in [0.3, 0.4) is 0 Å². The Morgan fingerprint density at radius 1 is 0.977 bits per heavy atom. The molecule has 12 heteroatoms. The first kappa shape index (κ1) is 28.4. The lowest BCUT2D eigenvalue weighted by molar-refractivity contribution is -0.148. The largest absolute Gasteiger partial charge is 0.461 e. The van der Waals surface area contributed by atoms with Crippen LogP contribution in [-0.4, -0.2) is 87.7 Å². The summed E-state index contributed by atoms with van der Waals surface area (Å²) in [6, 6.07) is 17.5. The quantitative estimate of drug-likeness (QED) is 0.250. The van der Waals surface area contributed by atoms with E-state index < -0.39 is 0 Å². The Morgan fingerprint density at radius 2 is 1.79 bits per heavy atom. The molecule has 0 saturated carbocycles. The Hall–Kier alpha value is -4.68. The summed E-state index contributed by atoms with van der Waals surface area (Å²) in [6.45, 7) is 6.13. The zero-order chi connectivity index (χ0) is 29.6. The number of hydrogen-bond donors (Lipinski definition) is 3. The Morgan fingerprint density at radius 3 is 2.58 bits per heavy atom. The van der Waals surface area contributed by atoms with Crippen molar-refractivity contribution in [1.82, 2.24) is 35.1 Å². The number of rotatable bonds is 9. The van der Waals surface area contributed by atoms with Crippen molar-refractivity contribution >= 4 is 34.9 Å². The van der Waals surface area contributed by atoms with Crippen molar-refractivity contribution in [2.45, 2.75) is 31.9 Å². The summed E-state index contributed by atoms with van der Waals surface area (Å²) >= 11 is 0. The molecule has 1 unspecified atom stereocenters. The van der Waals surface area contributed by atoms with Crippen molar-refractivity contribution in [3.63, 3.8) is 0 Å². The molecule has 6 rings (SSSR count). The van der Waals surface area contributed by atoms with Gasteiger partial charge in [-0.2, -0.15) is 4.98 Å². The van der Waals surface area contributed by atoms with Gasteiger partial charge in [-0.1, -0.05) is 6.07 Å². The first-order valence-electron chi connectivity index (χ1n) is 14.6. The first-order valence-corrected chi connectivity index (χ1v) is 14.6. The predicted molar refractivity (Wildman–Crippen MR) is 166 cm³/mol. The van der Waals surface area contributed by atoms with Crippen molar-refractivity contribution < 1.29 is 9.53 Å². The fourth-order valence-electron chi connectivity index (χ4n) is 5.40. The minimum absolute atomic E-state index is 0.00173. The number of likely N-dealkylation sites (N-methyl/N-ethyl adjacent to an activating group) is 1. The second kappa shape index (κ2) is 13.1. The molecule has 0 amide bonds. The maximum absolute atomic E-state index is 12.7. The predicted octanol–water partition coefficient (Wildman–Crippen LogP) is 3.54. The zero-order valence-electron chi connectivity index (χ0n) is 24.4. The van der Waals surface area contributed by atoms with Gasteiger partial charge in [-0.05, 0) is 68.9 Å². The number of carbonyl (C=O) groups is 1. The highest BCUT2D eigenvalue weighted by Crippen LogP contribution is 2.25. The normalized spacial score (nSPS) is 18.8. The van der Waals surface area contributed by atoms with Gasteiger partial charge in [0, 0.05) is 62.2 Å². The summed E-state index contributed by atoms with van der Waals surface area (Å²) in [5, 5.41) is 9.92. The van der Waals surface area contributed by atoms with Gasteiger partial charge in [-0.3, -0.25) is 4.79 Å². The van der Waals surface area contributed by atoms with Crippen LogP contribution in [0.25, 0.3) is 11.5 Å². The lowest BCUT2D eigenvalue weighted by Crippen LogP contribution is -2.52. The maximum Gasteiger partial charge on any atom is 0.308 e. The van der Waals surface area contributed by atoms with Crippen LogP contribution in [0.2, 0.25) is 0 Å². The van der Waals surface area contributed by atoms with Crippen LogP contribution in [0, 0.1) is 6.92 Å². The standard InChI is InChI=1S/C31H36N10O2/c1-21-4-3-5-26(35-21)30-33-13-10-27(38-30)37-28-11-14-34-31(39-28)36-22-6-8-23(9-7-22)41-17-15-32-19-24(41)18-29(42)43-25-12-16-40(2)20-25/h3-11,13-14,24-25,32H,12,15-20H2,1-2H3,(H2,33,34,36,37,38,39)/t24?,25-/m1/s1. The second-order valence-electron chi connectivity index (χ2n) is 10.9. The third kappa shape index (κ3) is 7.40. The molecule has 222 valence electrons. The van der Waals surface area contributed by atoms with Crippen LogP contribution in [0.15, 0.2) is 67.0 Å². The molecule has 2 fully saturated rings. The first-order chi connectivity index (χ1) is 21.0. The molecule has 5 heterocycles. The van der Waals surface area contributed by atoms with E-state index in [1.807, 2.05) is 37.3 Å². The number of anilines is 5. The van der Waals surface area contributed by atoms with E-state index in [1.54, 1.807) is 24.5 Å². The van der Waals surface area contributed by atoms with Gasteiger partial charge in [0.25, 0.3) is 0 Å². The Labute approximate surface area is 251 Å². The fraction of sp³-hybridized carbons (Fsp3) is 0.355. The van der Waals surface area contributed by atoms with E-state index in [2.05, 4.69) is 69.9 Å². The average Bonchev–Trinajstić information content (AvgIpc) is 3.42. The lowest BCUT2D eigenvalue weighted by atomic mass is 10.1. The molecule has 2 atom stereocenters. The summed E-state index contributed by atoms with van der Waals surface area (Å²) in [5.74, 6) is 2.05. The molecule has 1 aromatic carbocycles. The Balaban J connectivity index is 1.08. The van der Waals surface area contributed by atoms with Crippen LogP contribution in [0.5, 0.6) is 0 Å². The monoisotopic (exact) mass is 580 g/mol. The molecule has 4 aromatic rings. The fourth-order valence-corrected chi connectivity index (χ4v) is 5.40. The average molecular weight is 581 g/mol. The van der Waals surface area contributed by atoms with E-state index in [1.165, 1.54) is 0 Å². The number of benzene rings is 1. The van der Waals surface area contributed by atoms with Gasteiger partial charge in [0.1, 0.15) is 23.4 Å². The van der Waals surface area contributed by atoms with Crippen LogP contribution in [-0.2, 0) is 9.53 Å². The van der Waals surface area contributed by atoms with Gasteiger partial charge >= 0.3 is 5.97 Å². The maximum atomic E-state index is 12.7. The number of esters is 1. The summed E-state index contributed by atoms with van der Waals surface area (Å²) in [5.41, 5.74) is 3.53. The molecule has 0 spiro atoms. The molecule has 2 saturated heterocycles. The van der Waals surface area contributed by atoms with E-state index in [0.717, 1.165) is 56.2 Å². The molecule has 3 N–H and O–H groups in total. The molecule has 3 aromatic heterocycles. The highest BCUT2D eigenvalue weighted by Gasteiger charge is 2.28. The minimum atomic E-state index is -0.132. The Kier molecular flexibility index (Phi) is 8.66. The topological polar surface area (TPSA) is 133 Å². The molecule has 0 radical (unpaired) electrons. The number of nitrogens with one attached hydrogen (secondary N) is 3. The number of nitrogens with zero attached hydrogens (tertiary/aromatic N) is 7. The Bertz CT molecular complexity index is 1550. The van der Waals surface area contributed by atoms with Crippen molar-refractivity contribution in [1.29, 1.82) is 0 Å². The number of pyridine rings is 1. The molecule has 12 nitrogen and oxygen atoms in total. The molecule has 0 aliphatic carbocycles. The van der Waals surface area contributed by atoms with Crippen molar-refractivity contribution in [2.24, 2.45) is 0 Å². The number of aromatic nitrogens is 5. The van der Waals surface area contributed by atoms with E-state index >= 15 is 0 Å². The molecule has 2 aliphatic rings. The summed E-state index contributed by atoms with van der Waals surface area (Å²) in [4.78, 5) is 39.6. The number of ether oxygens (including phenoxy) is 1. The van der Waals surface area contributed by atoms with Crippen LogP contribution in [0.1, 0.15) is 18.5 Å². The van der Waals surface area contributed by atoms with E-state index in [9.17, 15) is 4.79 Å². The minimum Gasteiger partial charge on any atom is -0.461 e. The number of carbonyl (C=O) groups excluding carboxylic acids is 1. The number of aryl methyl sites for hydroxylation is 1. The van der Waals surface area contributed by atoms with Gasteiger partial charge in [0.15, 0.2) is 5.82 Å². The van der Waals surface area contributed by atoms with Gasteiger partial charge < -0.3 is 30.5 Å².